The average molecular weight is 266 g/mol. The number of aromatic nitrogens is 2. The zero-order valence-electron chi connectivity index (χ0n) is 12.7. The number of rotatable bonds is 7. The van der Waals surface area contributed by atoms with Crippen LogP contribution in [0.5, 0.6) is 0 Å². The third kappa shape index (κ3) is 4.67. The van der Waals surface area contributed by atoms with Crippen molar-refractivity contribution in [3.63, 3.8) is 0 Å². The van der Waals surface area contributed by atoms with Gasteiger partial charge in [0.25, 0.3) is 0 Å². The Morgan fingerprint density at radius 1 is 1.37 bits per heavy atom. The highest BCUT2D eigenvalue weighted by Crippen LogP contribution is 2.28. The second-order valence-electron chi connectivity index (χ2n) is 5.94. The van der Waals surface area contributed by atoms with E-state index in [-0.39, 0.29) is 5.41 Å². The second kappa shape index (κ2) is 6.70. The molecule has 0 amide bonds. The van der Waals surface area contributed by atoms with Crippen LogP contribution in [-0.4, -0.2) is 30.2 Å². The Kier molecular flexibility index (Phi) is 5.54. The highest BCUT2D eigenvalue weighted by molar-refractivity contribution is 5.56. The van der Waals surface area contributed by atoms with Gasteiger partial charge in [0, 0.05) is 25.8 Å². The Balaban J connectivity index is 2.75. The Bertz CT molecular complexity index is 404. The summed E-state index contributed by atoms with van der Waals surface area (Å²) in [4.78, 5) is 8.37. The highest BCUT2D eigenvalue weighted by atomic mass is 16.5. The maximum atomic E-state index is 5.93. The van der Waals surface area contributed by atoms with E-state index in [4.69, 9.17) is 10.5 Å². The molecular formula is C14H26N4O. The van der Waals surface area contributed by atoms with Crippen LogP contribution in [0.25, 0.3) is 0 Å². The van der Waals surface area contributed by atoms with E-state index in [1.54, 1.807) is 7.11 Å². The lowest BCUT2D eigenvalue weighted by atomic mass is 9.89. The maximum Gasteiger partial charge on any atom is 0.134 e. The predicted molar refractivity (Wildman–Crippen MR) is 79.3 cm³/mol. The molecule has 0 unspecified atom stereocenters. The molecule has 1 rings (SSSR count). The number of nitrogens with zero attached hydrogens (tertiary/aromatic N) is 2. The fourth-order valence-electron chi connectivity index (χ4n) is 1.91. The summed E-state index contributed by atoms with van der Waals surface area (Å²) < 4.78 is 5.14. The molecular weight excluding hydrogens is 240 g/mol. The van der Waals surface area contributed by atoms with Crippen LogP contribution >= 0.6 is 0 Å². The van der Waals surface area contributed by atoms with Crippen molar-refractivity contribution in [1.29, 1.82) is 0 Å². The average Bonchev–Trinajstić information content (AvgIpc) is 2.33. The summed E-state index contributed by atoms with van der Waals surface area (Å²) in [6.07, 6.45) is 2.50. The van der Waals surface area contributed by atoms with Crippen molar-refractivity contribution in [2.24, 2.45) is 5.41 Å². The van der Waals surface area contributed by atoms with Crippen LogP contribution in [0.15, 0.2) is 6.33 Å². The Hall–Kier alpha value is -1.36. The molecule has 19 heavy (non-hydrogen) atoms. The van der Waals surface area contributed by atoms with E-state index >= 15 is 0 Å². The fourth-order valence-corrected chi connectivity index (χ4v) is 1.91. The first-order valence-electron chi connectivity index (χ1n) is 6.70. The van der Waals surface area contributed by atoms with Crippen molar-refractivity contribution in [2.75, 3.05) is 31.3 Å². The lowest BCUT2D eigenvalue weighted by Gasteiger charge is -2.26. The molecule has 108 valence electrons. The monoisotopic (exact) mass is 266 g/mol. The minimum atomic E-state index is 0.143. The zero-order chi connectivity index (χ0) is 14.5. The molecule has 0 spiro atoms. The maximum absolute atomic E-state index is 5.93. The lowest BCUT2D eigenvalue weighted by Crippen LogP contribution is -2.25. The van der Waals surface area contributed by atoms with Crippen molar-refractivity contribution in [2.45, 2.75) is 40.0 Å². The van der Waals surface area contributed by atoms with E-state index in [0.29, 0.717) is 11.7 Å². The molecule has 0 aliphatic rings. The molecule has 1 aromatic rings. The van der Waals surface area contributed by atoms with Gasteiger partial charge in [-0.25, -0.2) is 9.97 Å². The first kappa shape index (κ1) is 15.7. The van der Waals surface area contributed by atoms with Crippen molar-refractivity contribution >= 4 is 11.6 Å². The number of hydrogen-bond donors (Lipinski definition) is 2. The second-order valence-corrected chi connectivity index (χ2v) is 5.94. The molecule has 0 saturated carbocycles. The van der Waals surface area contributed by atoms with Crippen molar-refractivity contribution in [1.82, 2.24) is 9.97 Å². The van der Waals surface area contributed by atoms with E-state index in [1.807, 2.05) is 0 Å². The summed E-state index contributed by atoms with van der Waals surface area (Å²) in [6, 6.07) is 0. The van der Waals surface area contributed by atoms with Gasteiger partial charge >= 0.3 is 0 Å². The van der Waals surface area contributed by atoms with E-state index in [1.165, 1.54) is 6.33 Å². The van der Waals surface area contributed by atoms with Gasteiger partial charge in [0.2, 0.25) is 0 Å². The molecule has 0 saturated heterocycles. The first-order chi connectivity index (χ1) is 8.87. The third-order valence-electron chi connectivity index (χ3n) is 3.21. The standard InChI is InChI=1S/C14H26N4O/c1-10(2)11-12(15)17-9-18-13(11)16-8-14(3,4)6-7-19-5/h9-10H,6-8H2,1-5H3,(H3,15,16,17,18). The molecule has 1 heterocycles. The quantitative estimate of drug-likeness (QED) is 0.793. The number of ether oxygens (including phenoxy) is 1. The van der Waals surface area contributed by atoms with Gasteiger partial charge < -0.3 is 15.8 Å². The van der Waals surface area contributed by atoms with Crippen LogP contribution in [0.2, 0.25) is 0 Å². The Morgan fingerprint density at radius 3 is 2.63 bits per heavy atom. The van der Waals surface area contributed by atoms with Gasteiger partial charge in [-0.3, -0.25) is 0 Å². The van der Waals surface area contributed by atoms with E-state index < -0.39 is 0 Å². The van der Waals surface area contributed by atoms with Gasteiger partial charge in [-0.05, 0) is 17.8 Å². The summed E-state index contributed by atoms with van der Waals surface area (Å²) >= 11 is 0. The summed E-state index contributed by atoms with van der Waals surface area (Å²) in [6.45, 7) is 10.2. The number of anilines is 2. The summed E-state index contributed by atoms with van der Waals surface area (Å²) in [7, 11) is 1.73. The number of nitrogens with two attached hydrogens (primary N) is 1. The topological polar surface area (TPSA) is 73.1 Å². The van der Waals surface area contributed by atoms with Gasteiger partial charge in [-0.2, -0.15) is 0 Å². The molecule has 0 bridgehead atoms. The van der Waals surface area contributed by atoms with Crippen LogP contribution in [0.3, 0.4) is 0 Å². The predicted octanol–water partition coefficient (Wildman–Crippen LogP) is 2.66. The van der Waals surface area contributed by atoms with Crippen molar-refractivity contribution < 1.29 is 4.74 Å². The van der Waals surface area contributed by atoms with Gasteiger partial charge in [0.15, 0.2) is 0 Å². The van der Waals surface area contributed by atoms with Gasteiger partial charge in [0.1, 0.15) is 18.0 Å². The highest BCUT2D eigenvalue weighted by Gasteiger charge is 2.19. The zero-order valence-corrected chi connectivity index (χ0v) is 12.7. The first-order valence-corrected chi connectivity index (χ1v) is 6.70. The Labute approximate surface area is 116 Å². The molecule has 0 fully saturated rings. The minimum absolute atomic E-state index is 0.143. The number of nitrogens with one attached hydrogen (secondary N) is 1. The molecule has 0 radical (unpaired) electrons. The van der Waals surface area contributed by atoms with Gasteiger partial charge in [0.05, 0.1) is 0 Å². The third-order valence-corrected chi connectivity index (χ3v) is 3.21. The summed E-state index contributed by atoms with van der Waals surface area (Å²) in [5.41, 5.74) is 7.06. The van der Waals surface area contributed by atoms with Gasteiger partial charge in [-0.15, -0.1) is 0 Å². The minimum Gasteiger partial charge on any atom is -0.385 e. The smallest absolute Gasteiger partial charge is 0.134 e. The van der Waals surface area contributed by atoms with E-state index in [2.05, 4.69) is 43.0 Å². The molecule has 1 aromatic heterocycles. The number of methoxy groups -OCH3 is 1. The largest absolute Gasteiger partial charge is 0.385 e. The van der Waals surface area contributed by atoms with Crippen LogP contribution in [0.1, 0.15) is 45.6 Å². The van der Waals surface area contributed by atoms with Crippen molar-refractivity contribution in [3.8, 4) is 0 Å². The SMILES string of the molecule is COCCC(C)(C)CNc1ncnc(N)c1C(C)C. The lowest BCUT2D eigenvalue weighted by molar-refractivity contribution is 0.157. The van der Waals surface area contributed by atoms with Crippen molar-refractivity contribution in [3.05, 3.63) is 11.9 Å². The molecule has 0 atom stereocenters. The normalized spacial score (nSPS) is 11.9. The van der Waals surface area contributed by atoms with Crippen LogP contribution in [0, 0.1) is 5.41 Å². The molecule has 5 nitrogen and oxygen atoms in total. The van der Waals surface area contributed by atoms with Gasteiger partial charge in [-0.1, -0.05) is 27.7 Å². The molecule has 0 aliphatic heterocycles. The summed E-state index contributed by atoms with van der Waals surface area (Å²) in [5.74, 6) is 1.70. The van der Waals surface area contributed by atoms with E-state index in [9.17, 15) is 0 Å². The van der Waals surface area contributed by atoms with Crippen LogP contribution in [0.4, 0.5) is 11.6 Å². The fraction of sp³-hybridized carbons (Fsp3) is 0.714. The molecule has 5 heteroatoms. The van der Waals surface area contributed by atoms with Crippen LogP contribution < -0.4 is 11.1 Å². The number of nitrogen functional groups attached to an aromatic ring is 1. The molecule has 0 aliphatic carbocycles. The Morgan fingerprint density at radius 2 is 2.05 bits per heavy atom. The van der Waals surface area contributed by atoms with E-state index in [0.717, 1.165) is 31.0 Å². The summed E-state index contributed by atoms with van der Waals surface area (Å²) in [5, 5.41) is 3.40. The molecule has 3 N–H and O–H groups in total. The molecule has 0 aromatic carbocycles. The van der Waals surface area contributed by atoms with Crippen LogP contribution in [-0.2, 0) is 4.74 Å². The number of hydrogen-bond acceptors (Lipinski definition) is 5.